The van der Waals surface area contributed by atoms with E-state index in [2.05, 4.69) is 11.8 Å². The minimum absolute atomic E-state index is 0.194. The highest BCUT2D eigenvalue weighted by molar-refractivity contribution is 6.31. The Kier molecular flexibility index (Phi) is 5.41. The van der Waals surface area contributed by atoms with Crippen LogP contribution in [0.2, 0.25) is 5.02 Å². The highest BCUT2D eigenvalue weighted by atomic mass is 35.5. The fraction of sp³-hybridized carbons (Fsp3) is 0.562. The molecule has 1 saturated heterocycles. The quantitative estimate of drug-likeness (QED) is 0.776. The van der Waals surface area contributed by atoms with E-state index in [4.69, 9.17) is 11.6 Å². The van der Waals surface area contributed by atoms with Gasteiger partial charge in [0.15, 0.2) is 5.78 Å². The topological polar surface area (TPSA) is 20.3 Å². The SMILES string of the molecule is CC1CCCN(CCC(=O)c2cccc(Cl)c2)CC1. The molecule has 19 heavy (non-hydrogen) atoms. The number of ketones is 1. The fourth-order valence-corrected chi connectivity index (χ4v) is 2.80. The molecule has 1 heterocycles. The standard InChI is InChI=1S/C16H22ClNO/c1-13-4-3-9-18(10-7-13)11-8-16(19)14-5-2-6-15(17)12-14/h2,5-6,12-13H,3-4,7-11H2,1H3. The Hall–Kier alpha value is -0.860. The number of carbonyl (C=O) groups excluding carboxylic acids is 1. The molecule has 1 aromatic carbocycles. The molecule has 3 heteroatoms. The predicted octanol–water partition coefficient (Wildman–Crippen LogP) is 4.03. The van der Waals surface area contributed by atoms with Gasteiger partial charge in [0.1, 0.15) is 0 Å². The summed E-state index contributed by atoms with van der Waals surface area (Å²) < 4.78 is 0. The molecule has 2 rings (SSSR count). The third kappa shape index (κ3) is 4.63. The normalized spacial score (nSPS) is 21.1. The van der Waals surface area contributed by atoms with Gasteiger partial charge in [-0.05, 0) is 50.4 Å². The molecular weight excluding hydrogens is 258 g/mol. The molecule has 1 aromatic rings. The summed E-state index contributed by atoms with van der Waals surface area (Å²) in [5.41, 5.74) is 0.732. The van der Waals surface area contributed by atoms with E-state index in [9.17, 15) is 4.79 Å². The number of halogens is 1. The first-order valence-corrected chi connectivity index (χ1v) is 7.54. The van der Waals surface area contributed by atoms with Gasteiger partial charge in [-0.1, -0.05) is 30.7 Å². The van der Waals surface area contributed by atoms with Gasteiger partial charge in [0, 0.05) is 23.6 Å². The van der Waals surface area contributed by atoms with Crippen LogP contribution in [0.5, 0.6) is 0 Å². The highest BCUT2D eigenvalue weighted by Gasteiger charge is 2.15. The van der Waals surface area contributed by atoms with Crippen molar-refractivity contribution in [1.82, 2.24) is 4.90 Å². The monoisotopic (exact) mass is 279 g/mol. The van der Waals surface area contributed by atoms with Crippen LogP contribution >= 0.6 is 11.6 Å². The van der Waals surface area contributed by atoms with Crippen LogP contribution in [-0.2, 0) is 0 Å². The van der Waals surface area contributed by atoms with Gasteiger partial charge in [0.05, 0.1) is 0 Å². The Bertz CT molecular complexity index is 433. The molecule has 104 valence electrons. The summed E-state index contributed by atoms with van der Waals surface area (Å²) in [5.74, 6) is 1.02. The van der Waals surface area contributed by atoms with Gasteiger partial charge in [0.25, 0.3) is 0 Å². The first kappa shape index (κ1) is 14.5. The summed E-state index contributed by atoms with van der Waals surface area (Å²) in [6.45, 7) is 5.45. The Labute approximate surface area is 120 Å². The number of hydrogen-bond acceptors (Lipinski definition) is 2. The minimum Gasteiger partial charge on any atom is -0.303 e. The number of nitrogens with zero attached hydrogens (tertiary/aromatic N) is 1. The molecule has 1 atom stereocenters. The maximum atomic E-state index is 12.1. The molecule has 1 fully saturated rings. The van der Waals surface area contributed by atoms with Gasteiger partial charge < -0.3 is 4.90 Å². The molecule has 1 aliphatic heterocycles. The van der Waals surface area contributed by atoms with E-state index in [1.807, 2.05) is 12.1 Å². The molecule has 0 aromatic heterocycles. The van der Waals surface area contributed by atoms with Crippen molar-refractivity contribution in [3.63, 3.8) is 0 Å². The number of carbonyl (C=O) groups is 1. The van der Waals surface area contributed by atoms with Gasteiger partial charge in [-0.15, -0.1) is 0 Å². The molecule has 0 radical (unpaired) electrons. The smallest absolute Gasteiger partial charge is 0.164 e. The van der Waals surface area contributed by atoms with Crippen molar-refractivity contribution in [3.05, 3.63) is 34.9 Å². The van der Waals surface area contributed by atoms with Crippen LogP contribution in [0.4, 0.5) is 0 Å². The van der Waals surface area contributed by atoms with Crippen LogP contribution in [-0.4, -0.2) is 30.3 Å². The molecule has 1 unspecified atom stereocenters. The second-order valence-corrected chi connectivity index (χ2v) is 6.00. The summed E-state index contributed by atoms with van der Waals surface area (Å²) >= 11 is 5.91. The Morgan fingerprint density at radius 1 is 1.37 bits per heavy atom. The van der Waals surface area contributed by atoms with Crippen molar-refractivity contribution >= 4 is 17.4 Å². The van der Waals surface area contributed by atoms with E-state index in [-0.39, 0.29) is 5.78 Å². The summed E-state index contributed by atoms with van der Waals surface area (Å²) in [4.78, 5) is 14.5. The molecule has 1 aliphatic rings. The van der Waals surface area contributed by atoms with E-state index in [1.165, 1.54) is 19.3 Å². The second-order valence-electron chi connectivity index (χ2n) is 5.56. The van der Waals surface area contributed by atoms with E-state index >= 15 is 0 Å². The third-order valence-corrected chi connectivity index (χ3v) is 4.15. The third-order valence-electron chi connectivity index (χ3n) is 3.91. The van der Waals surface area contributed by atoms with Crippen LogP contribution in [0, 0.1) is 5.92 Å². The van der Waals surface area contributed by atoms with Crippen molar-refractivity contribution in [1.29, 1.82) is 0 Å². The minimum atomic E-state index is 0.194. The van der Waals surface area contributed by atoms with Gasteiger partial charge in [-0.25, -0.2) is 0 Å². The van der Waals surface area contributed by atoms with E-state index in [0.717, 1.165) is 31.1 Å². The highest BCUT2D eigenvalue weighted by Crippen LogP contribution is 2.17. The molecular formula is C16H22ClNO. The Balaban J connectivity index is 1.83. The zero-order valence-electron chi connectivity index (χ0n) is 11.6. The first-order chi connectivity index (χ1) is 9.15. The Morgan fingerprint density at radius 2 is 2.21 bits per heavy atom. The number of hydrogen-bond donors (Lipinski definition) is 0. The molecule has 0 spiro atoms. The predicted molar refractivity (Wildman–Crippen MR) is 79.9 cm³/mol. The van der Waals surface area contributed by atoms with Crippen molar-refractivity contribution in [2.45, 2.75) is 32.6 Å². The largest absolute Gasteiger partial charge is 0.303 e. The first-order valence-electron chi connectivity index (χ1n) is 7.16. The lowest BCUT2D eigenvalue weighted by Gasteiger charge is -2.19. The second kappa shape index (κ2) is 7.06. The van der Waals surface area contributed by atoms with Crippen LogP contribution in [0.25, 0.3) is 0 Å². The van der Waals surface area contributed by atoms with E-state index < -0.39 is 0 Å². The lowest BCUT2D eigenvalue weighted by atomic mass is 10.0. The van der Waals surface area contributed by atoms with Crippen LogP contribution < -0.4 is 0 Å². The summed E-state index contributed by atoms with van der Waals surface area (Å²) in [6, 6.07) is 7.24. The molecule has 0 bridgehead atoms. The molecule has 0 aliphatic carbocycles. The van der Waals surface area contributed by atoms with Gasteiger partial charge in [-0.2, -0.15) is 0 Å². The summed E-state index contributed by atoms with van der Waals surface area (Å²) in [7, 11) is 0. The van der Waals surface area contributed by atoms with E-state index in [1.54, 1.807) is 12.1 Å². The summed E-state index contributed by atoms with van der Waals surface area (Å²) in [6.07, 6.45) is 4.42. The molecule has 2 nitrogen and oxygen atoms in total. The van der Waals surface area contributed by atoms with Crippen molar-refractivity contribution < 1.29 is 4.79 Å². The summed E-state index contributed by atoms with van der Waals surface area (Å²) in [5, 5.41) is 0.634. The van der Waals surface area contributed by atoms with Crippen LogP contribution in [0.3, 0.4) is 0 Å². The van der Waals surface area contributed by atoms with Gasteiger partial charge in [-0.3, -0.25) is 4.79 Å². The number of Topliss-reactive ketones (excluding diaryl/α,β-unsaturated/α-hetero) is 1. The lowest BCUT2D eigenvalue weighted by molar-refractivity contribution is 0.0964. The molecule has 0 amide bonds. The number of rotatable bonds is 4. The fourth-order valence-electron chi connectivity index (χ4n) is 2.61. The lowest BCUT2D eigenvalue weighted by Crippen LogP contribution is -2.27. The van der Waals surface area contributed by atoms with Crippen molar-refractivity contribution in [3.8, 4) is 0 Å². The van der Waals surface area contributed by atoms with Crippen LogP contribution in [0.1, 0.15) is 43.0 Å². The maximum absolute atomic E-state index is 12.1. The zero-order valence-corrected chi connectivity index (χ0v) is 12.3. The maximum Gasteiger partial charge on any atom is 0.164 e. The number of benzene rings is 1. The van der Waals surface area contributed by atoms with Crippen molar-refractivity contribution in [2.24, 2.45) is 5.92 Å². The number of likely N-dealkylation sites (tertiary alicyclic amines) is 1. The van der Waals surface area contributed by atoms with Crippen molar-refractivity contribution in [2.75, 3.05) is 19.6 Å². The van der Waals surface area contributed by atoms with Gasteiger partial charge in [0.2, 0.25) is 0 Å². The van der Waals surface area contributed by atoms with E-state index in [0.29, 0.717) is 11.4 Å². The molecule has 0 saturated carbocycles. The Morgan fingerprint density at radius 3 is 3.00 bits per heavy atom. The van der Waals surface area contributed by atoms with Gasteiger partial charge >= 0.3 is 0 Å². The zero-order chi connectivity index (χ0) is 13.7. The molecule has 0 N–H and O–H groups in total. The average molecular weight is 280 g/mol. The van der Waals surface area contributed by atoms with Crippen LogP contribution in [0.15, 0.2) is 24.3 Å². The average Bonchev–Trinajstić information content (AvgIpc) is 2.61.